The fourth-order valence-electron chi connectivity index (χ4n) is 1.32. The first-order valence-corrected chi connectivity index (χ1v) is 4.38. The lowest BCUT2D eigenvalue weighted by Crippen LogP contribution is -2.10. The van der Waals surface area contributed by atoms with Crippen molar-refractivity contribution in [3.05, 3.63) is 18.2 Å². The van der Waals surface area contributed by atoms with E-state index in [0.29, 0.717) is 5.82 Å². The van der Waals surface area contributed by atoms with Crippen LogP contribution in [-0.4, -0.2) is 15.3 Å². The quantitative estimate of drug-likeness (QED) is 0.634. The Morgan fingerprint density at radius 3 is 3.08 bits per heavy atom. The first-order chi connectivity index (χ1) is 5.83. The summed E-state index contributed by atoms with van der Waals surface area (Å²) in [5, 5.41) is 0. The van der Waals surface area contributed by atoms with Crippen molar-refractivity contribution in [2.45, 2.75) is 26.3 Å². The van der Waals surface area contributed by atoms with Crippen molar-refractivity contribution in [2.75, 3.05) is 0 Å². The van der Waals surface area contributed by atoms with Crippen molar-refractivity contribution in [1.82, 2.24) is 9.55 Å². The summed E-state index contributed by atoms with van der Waals surface area (Å²) >= 11 is 0. The van der Waals surface area contributed by atoms with E-state index in [1.807, 2.05) is 17.7 Å². The van der Waals surface area contributed by atoms with Gasteiger partial charge in [0, 0.05) is 24.9 Å². The summed E-state index contributed by atoms with van der Waals surface area (Å²) < 4.78 is 1.90. The average molecular weight is 164 g/mol. The average Bonchev–Trinajstić information content (AvgIpc) is 2.82. The molecule has 0 amide bonds. The molecule has 0 bridgehead atoms. The zero-order valence-electron chi connectivity index (χ0n) is 7.16. The van der Waals surface area contributed by atoms with Crippen LogP contribution in [0.5, 0.6) is 0 Å². The van der Waals surface area contributed by atoms with Gasteiger partial charge in [0.25, 0.3) is 0 Å². The number of nitrogens with zero attached hydrogens (tertiary/aromatic N) is 2. The number of rotatable bonds is 3. The highest BCUT2D eigenvalue weighted by atomic mass is 16.1. The second-order valence-electron chi connectivity index (χ2n) is 3.18. The SMILES string of the molecule is CCn1ccnc1C(=O)C1CC1. The standard InChI is InChI=1S/C9H12N2O/c1-2-11-6-5-10-9(11)8(12)7-3-4-7/h5-7H,2-4H2,1H3. The molecule has 3 heteroatoms. The molecule has 64 valence electrons. The number of Topliss-reactive ketones (excluding diaryl/α,β-unsaturated/α-hetero) is 1. The third kappa shape index (κ3) is 1.15. The molecule has 0 atom stereocenters. The third-order valence-electron chi connectivity index (χ3n) is 2.22. The molecule has 1 aromatic rings. The van der Waals surface area contributed by atoms with Crippen LogP contribution in [0.1, 0.15) is 30.4 Å². The van der Waals surface area contributed by atoms with Crippen LogP contribution in [0, 0.1) is 5.92 Å². The summed E-state index contributed by atoms with van der Waals surface area (Å²) in [6, 6.07) is 0. The second kappa shape index (κ2) is 2.73. The molecule has 0 aliphatic heterocycles. The van der Waals surface area contributed by atoms with Gasteiger partial charge in [0.15, 0.2) is 5.82 Å². The fraction of sp³-hybridized carbons (Fsp3) is 0.556. The van der Waals surface area contributed by atoms with Crippen LogP contribution < -0.4 is 0 Å². The molecule has 1 aliphatic carbocycles. The first kappa shape index (κ1) is 7.53. The zero-order valence-corrected chi connectivity index (χ0v) is 7.16. The van der Waals surface area contributed by atoms with Gasteiger partial charge in [-0.25, -0.2) is 4.98 Å². The first-order valence-electron chi connectivity index (χ1n) is 4.38. The number of aryl methyl sites for hydroxylation is 1. The molecular formula is C9H12N2O. The van der Waals surface area contributed by atoms with Gasteiger partial charge in [-0.15, -0.1) is 0 Å². The lowest BCUT2D eigenvalue weighted by atomic mass is 10.2. The van der Waals surface area contributed by atoms with Gasteiger partial charge in [0.2, 0.25) is 5.78 Å². The molecule has 1 saturated carbocycles. The van der Waals surface area contributed by atoms with Crippen molar-refractivity contribution in [2.24, 2.45) is 5.92 Å². The molecule has 0 aromatic carbocycles. The number of aromatic nitrogens is 2. The van der Waals surface area contributed by atoms with E-state index in [-0.39, 0.29) is 11.7 Å². The van der Waals surface area contributed by atoms with Crippen LogP contribution in [0.2, 0.25) is 0 Å². The monoisotopic (exact) mass is 164 g/mol. The summed E-state index contributed by atoms with van der Waals surface area (Å²) in [6.07, 6.45) is 5.65. The number of hydrogen-bond acceptors (Lipinski definition) is 2. The Hall–Kier alpha value is -1.12. The van der Waals surface area contributed by atoms with E-state index in [1.165, 1.54) is 0 Å². The van der Waals surface area contributed by atoms with E-state index >= 15 is 0 Å². The second-order valence-corrected chi connectivity index (χ2v) is 3.18. The summed E-state index contributed by atoms with van der Waals surface area (Å²) in [5.74, 6) is 1.14. The number of imidazole rings is 1. The summed E-state index contributed by atoms with van der Waals surface area (Å²) in [4.78, 5) is 15.6. The maximum Gasteiger partial charge on any atom is 0.201 e. The van der Waals surface area contributed by atoms with Crippen LogP contribution in [0.25, 0.3) is 0 Å². The molecule has 12 heavy (non-hydrogen) atoms. The van der Waals surface area contributed by atoms with E-state index in [1.54, 1.807) is 6.20 Å². The van der Waals surface area contributed by atoms with E-state index in [9.17, 15) is 4.79 Å². The lowest BCUT2D eigenvalue weighted by molar-refractivity contribution is 0.0953. The number of ketones is 1. The van der Waals surface area contributed by atoms with Gasteiger partial charge in [-0.3, -0.25) is 4.79 Å². The Morgan fingerprint density at radius 2 is 2.50 bits per heavy atom. The van der Waals surface area contributed by atoms with Crippen LogP contribution in [0.4, 0.5) is 0 Å². The minimum atomic E-state index is 0.224. The van der Waals surface area contributed by atoms with E-state index in [4.69, 9.17) is 0 Å². The van der Waals surface area contributed by atoms with Crippen molar-refractivity contribution < 1.29 is 4.79 Å². The number of carbonyl (C=O) groups is 1. The minimum Gasteiger partial charge on any atom is -0.329 e. The highest BCUT2D eigenvalue weighted by molar-refractivity contribution is 5.96. The Labute approximate surface area is 71.4 Å². The van der Waals surface area contributed by atoms with Gasteiger partial charge < -0.3 is 4.57 Å². The maximum absolute atomic E-state index is 11.6. The Morgan fingerprint density at radius 1 is 1.75 bits per heavy atom. The molecule has 1 heterocycles. The fourth-order valence-corrected chi connectivity index (χ4v) is 1.32. The third-order valence-corrected chi connectivity index (χ3v) is 2.22. The lowest BCUT2D eigenvalue weighted by Gasteiger charge is -2.01. The summed E-state index contributed by atoms with van der Waals surface area (Å²) in [6.45, 7) is 2.85. The van der Waals surface area contributed by atoms with Crippen molar-refractivity contribution in [1.29, 1.82) is 0 Å². The molecule has 0 spiro atoms. The minimum absolute atomic E-state index is 0.224. The van der Waals surface area contributed by atoms with E-state index in [0.717, 1.165) is 19.4 Å². The molecular weight excluding hydrogens is 152 g/mol. The van der Waals surface area contributed by atoms with Crippen LogP contribution in [0.3, 0.4) is 0 Å². The highest BCUT2D eigenvalue weighted by Crippen LogP contribution is 2.31. The Balaban J connectivity index is 2.25. The van der Waals surface area contributed by atoms with Crippen molar-refractivity contribution in [3.63, 3.8) is 0 Å². The normalized spacial score (nSPS) is 16.4. The van der Waals surface area contributed by atoms with Crippen LogP contribution >= 0.6 is 0 Å². The van der Waals surface area contributed by atoms with Crippen LogP contribution in [0.15, 0.2) is 12.4 Å². The smallest absolute Gasteiger partial charge is 0.201 e. The number of hydrogen-bond donors (Lipinski definition) is 0. The molecule has 0 saturated heterocycles. The van der Waals surface area contributed by atoms with Crippen molar-refractivity contribution in [3.8, 4) is 0 Å². The topological polar surface area (TPSA) is 34.9 Å². The van der Waals surface area contributed by atoms with Gasteiger partial charge in [-0.1, -0.05) is 0 Å². The maximum atomic E-state index is 11.6. The molecule has 1 aliphatic rings. The van der Waals surface area contributed by atoms with Gasteiger partial charge in [-0.05, 0) is 19.8 Å². The molecule has 3 nitrogen and oxygen atoms in total. The van der Waals surface area contributed by atoms with Gasteiger partial charge >= 0.3 is 0 Å². The predicted molar refractivity (Wildman–Crippen MR) is 45.0 cm³/mol. The van der Waals surface area contributed by atoms with E-state index in [2.05, 4.69) is 4.98 Å². The largest absolute Gasteiger partial charge is 0.329 e. The van der Waals surface area contributed by atoms with Crippen molar-refractivity contribution >= 4 is 5.78 Å². The number of carbonyl (C=O) groups excluding carboxylic acids is 1. The zero-order chi connectivity index (χ0) is 8.55. The highest BCUT2D eigenvalue weighted by Gasteiger charge is 2.32. The predicted octanol–water partition coefficient (Wildman–Crippen LogP) is 1.50. The summed E-state index contributed by atoms with van der Waals surface area (Å²) in [5.41, 5.74) is 0. The van der Waals surface area contributed by atoms with Gasteiger partial charge in [0.1, 0.15) is 0 Å². The van der Waals surface area contributed by atoms with E-state index < -0.39 is 0 Å². The summed E-state index contributed by atoms with van der Waals surface area (Å²) in [7, 11) is 0. The molecule has 1 fully saturated rings. The molecule has 0 radical (unpaired) electrons. The molecule has 1 aromatic heterocycles. The Bertz CT molecular complexity index is 299. The molecule has 2 rings (SSSR count). The molecule has 0 unspecified atom stereocenters. The van der Waals surface area contributed by atoms with Crippen LogP contribution in [-0.2, 0) is 6.54 Å². The Kier molecular flexibility index (Phi) is 1.71. The van der Waals surface area contributed by atoms with Gasteiger partial charge in [-0.2, -0.15) is 0 Å². The molecule has 0 N–H and O–H groups in total. The van der Waals surface area contributed by atoms with Gasteiger partial charge in [0.05, 0.1) is 0 Å².